The van der Waals surface area contributed by atoms with E-state index < -0.39 is 73.0 Å². The normalized spacial score (nSPS) is 20.4. The van der Waals surface area contributed by atoms with E-state index in [4.69, 9.17) is 0 Å². The monoisotopic (exact) mass is 690 g/mol. The molecule has 2 heterocycles. The van der Waals surface area contributed by atoms with E-state index in [1.54, 1.807) is 24.3 Å². The molecule has 2 aliphatic rings. The molecule has 216 valence electrons. The molecule has 14 heteroatoms. The van der Waals surface area contributed by atoms with Crippen LogP contribution in [0.25, 0.3) is 0 Å². The summed E-state index contributed by atoms with van der Waals surface area (Å²) in [7, 11) is 0. The first-order valence-corrected chi connectivity index (χ1v) is 13.8. The minimum absolute atomic E-state index is 0.0563. The van der Waals surface area contributed by atoms with Crippen molar-refractivity contribution in [1.82, 2.24) is 15.3 Å². The maximum absolute atomic E-state index is 14.5. The van der Waals surface area contributed by atoms with Crippen LogP contribution in [0.2, 0.25) is 0 Å². The van der Waals surface area contributed by atoms with Crippen molar-refractivity contribution in [1.29, 1.82) is 5.26 Å². The molecule has 2 aromatic carbocycles. The van der Waals surface area contributed by atoms with Gasteiger partial charge in [0.25, 0.3) is 17.7 Å². The largest absolute Gasteiger partial charge is 0.383 e. The molecule has 1 aromatic heterocycles. The molecule has 5 rings (SSSR count). The van der Waals surface area contributed by atoms with Crippen LogP contribution in [-0.2, 0) is 14.4 Å². The van der Waals surface area contributed by atoms with E-state index in [1.807, 2.05) is 28.7 Å². The summed E-state index contributed by atoms with van der Waals surface area (Å²) in [6, 6.07) is 10.8. The fourth-order valence-electron chi connectivity index (χ4n) is 5.04. The number of aliphatic hydroxyl groups excluding tert-OH is 1. The third-order valence-corrected chi connectivity index (χ3v) is 7.99. The SMILES string of the molecule is N#Cc1ccnc(N2C(=O)[C@H](O)C[C@H]2C(=O)N(c2cccc(F)c2)[C@H](C(=O)NC2CC(F)(F)C2)c2ccccc2I)n1. The van der Waals surface area contributed by atoms with Gasteiger partial charge in [-0.05, 0) is 58.5 Å². The van der Waals surface area contributed by atoms with Gasteiger partial charge in [0.15, 0.2) is 0 Å². The van der Waals surface area contributed by atoms with E-state index in [0.717, 1.165) is 21.9 Å². The molecule has 42 heavy (non-hydrogen) atoms. The Balaban J connectivity index is 1.63. The van der Waals surface area contributed by atoms with E-state index in [1.165, 1.54) is 24.4 Å². The van der Waals surface area contributed by atoms with Crippen LogP contribution in [0, 0.1) is 20.7 Å². The molecule has 1 aliphatic heterocycles. The van der Waals surface area contributed by atoms with E-state index in [-0.39, 0.29) is 17.3 Å². The summed E-state index contributed by atoms with van der Waals surface area (Å²) in [6.45, 7) is 0. The minimum Gasteiger partial charge on any atom is -0.383 e. The molecule has 1 saturated carbocycles. The van der Waals surface area contributed by atoms with Crippen LogP contribution in [0.3, 0.4) is 0 Å². The number of alkyl halides is 2. The third-order valence-electron chi connectivity index (χ3n) is 7.01. The molecule has 10 nitrogen and oxygen atoms in total. The molecule has 1 aliphatic carbocycles. The number of anilines is 2. The zero-order chi connectivity index (χ0) is 30.2. The molecule has 2 N–H and O–H groups in total. The molecule has 1 saturated heterocycles. The summed E-state index contributed by atoms with van der Waals surface area (Å²) in [4.78, 5) is 51.2. The minimum atomic E-state index is -2.93. The number of carbonyl (C=O) groups is 3. The Morgan fingerprint density at radius 1 is 1.19 bits per heavy atom. The van der Waals surface area contributed by atoms with E-state index in [0.29, 0.717) is 9.13 Å². The first-order chi connectivity index (χ1) is 20.0. The number of carbonyl (C=O) groups excluding carboxylic acids is 3. The van der Waals surface area contributed by atoms with Crippen molar-refractivity contribution >= 4 is 51.9 Å². The second-order valence-electron chi connectivity index (χ2n) is 9.91. The van der Waals surface area contributed by atoms with Gasteiger partial charge in [0.05, 0.1) is 0 Å². The van der Waals surface area contributed by atoms with Crippen molar-refractivity contribution in [3.8, 4) is 6.07 Å². The van der Waals surface area contributed by atoms with Crippen LogP contribution in [0.4, 0.5) is 24.8 Å². The van der Waals surface area contributed by atoms with Crippen molar-refractivity contribution in [3.05, 3.63) is 81.4 Å². The molecule has 0 unspecified atom stereocenters. The number of benzene rings is 2. The summed E-state index contributed by atoms with van der Waals surface area (Å²) in [6.07, 6.45) is -1.99. The predicted octanol–water partition coefficient (Wildman–Crippen LogP) is 3.25. The standard InChI is InChI=1S/C28H22F3IN6O4/c29-15-4-3-5-18(10-15)37(23(19-6-1-2-7-20(19)32)24(40)35-17-12-28(30,31)13-17)25(41)21-11-22(39)26(42)38(21)27-34-9-8-16(14-33)36-27/h1-10,17,21-23,39H,11-13H2,(H,35,40)/t21-,22+,23-/m0/s1. The number of aliphatic hydroxyl groups is 1. The fourth-order valence-corrected chi connectivity index (χ4v) is 5.72. The van der Waals surface area contributed by atoms with Crippen LogP contribution in [0.5, 0.6) is 0 Å². The van der Waals surface area contributed by atoms with Gasteiger partial charge in [-0.2, -0.15) is 5.26 Å². The maximum atomic E-state index is 14.5. The van der Waals surface area contributed by atoms with Crippen molar-refractivity contribution in [3.63, 3.8) is 0 Å². The highest BCUT2D eigenvalue weighted by molar-refractivity contribution is 14.1. The number of nitrogens with zero attached hydrogens (tertiary/aromatic N) is 5. The van der Waals surface area contributed by atoms with E-state index in [2.05, 4.69) is 15.3 Å². The number of halogens is 4. The number of hydrogen-bond donors (Lipinski definition) is 2. The van der Waals surface area contributed by atoms with E-state index in [9.17, 15) is 37.9 Å². The number of nitriles is 1. The molecule has 2 fully saturated rings. The van der Waals surface area contributed by atoms with Gasteiger partial charge >= 0.3 is 0 Å². The Labute approximate surface area is 251 Å². The molecular weight excluding hydrogens is 668 g/mol. The van der Waals surface area contributed by atoms with Gasteiger partial charge in [0.1, 0.15) is 35.8 Å². The van der Waals surface area contributed by atoms with E-state index >= 15 is 0 Å². The first kappa shape index (κ1) is 29.4. The van der Waals surface area contributed by atoms with Crippen LogP contribution in [-0.4, -0.2) is 56.9 Å². The summed E-state index contributed by atoms with van der Waals surface area (Å²) in [5.41, 5.74) is 0.161. The Bertz CT molecular complexity index is 1590. The van der Waals surface area contributed by atoms with Gasteiger partial charge in [0.2, 0.25) is 11.9 Å². The molecule has 0 bridgehead atoms. The van der Waals surface area contributed by atoms with Gasteiger partial charge in [0, 0.05) is 40.8 Å². The van der Waals surface area contributed by atoms with Crippen molar-refractivity contribution < 1.29 is 32.7 Å². The number of rotatable bonds is 7. The van der Waals surface area contributed by atoms with Crippen molar-refractivity contribution in [2.24, 2.45) is 0 Å². The highest BCUT2D eigenvalue weighted by atomic mass is 127. The first-order valence-electron chi connectivity index (χ1n) is 12.7. The second-order valence-corrected chi connectivity index (χ2v) is 11.1. The lowest BCUT2D eigenvalue weighted by molar-refractivity contribution is -0.133. The fraction of sp³-hybridized carbons (Fsp3) is 0.286. The van der Waals surface area contributed by atoms with Crippen molar-refractivity contribution in [2.45, 2.75) is 49.4 Å². The molecular formula is C28H22F3IN6O4. The Morgan fingerprint density at radius 2 is 1.93 bits per heavy atom. The van der Waals surface area contributed by atoms with Gasteiger partial charge in [-0.1, -0.05) is 24.3 Å². The Hall–Kier alpha value is -4.10. The Morgan fingerprint density at radius 3 is 2.60 bits per heavy atom. The summed E-state index contributed by atoms with van der Waals surface area (Å²) in [5, 5.41) is 22.4. The smallest absolute Gasteiger partial charge is 0.259 e. The van der Waals surface area contributed by atoms with Crippen LogP contribution < -0.4 is 15.1 Å². The lowest BCUT2D eigenvalue weighted by atomic mass is 9.87. The topological polar surface area (TPSA) is 140 Å². The predicted molar refractivity (Wildman–Crippen MR) is 151 cm³/mol. The van der Waals surface area contributed by atoms with Crippen LogP contribution in [0.15, 0.2) is 60.8 Å². The van der Waals surface area contributed by atoms with Gasteiger partial charge in [-0.3, -0.25) is 24.2 Å². The number of hydrogen-bond acceptors (Lipinski definition) is 7. The maximum Gasteiger partial charge on any atom is 0.259 e. The van der Waals surface area contributed by atoms with Gasteiger partial charge in [-0.25, -0.2) is 23.1 Å². The lowest BCUT2D eigenvalue weighted by Gasteiger charge is -2.39. The number of amides is 3. The Kier molecular flexibility index (Phi) is 8.15. The number of nitrogens with one attached hydrogen (secondary N) is 1. The molecule has 0 spiro atoms. The molecule has 3 aromatic rings. The average molecular weight is 690 g/mol. The third kappa shape index (κ3) is 5.79. The highest BCUT2D eigenvalue weighted by Gasteiger charge is 2.50. The lowest BCUT2D eigenvalue weighted by Crippen LogP contribution is -2.56. The molecule has 0 radical (unpaired) electrons. The van der Waals surface area contributed by atoms with Crippen molar-refractivity contribution in [2.75, 3.05) is 9.80 Å². The van der Waals surface area contributed by atoms with Crippen LogP contribution >= 0.6 is 22.6 Å². The van der Waals surface area contributed by atoms with Gasteiger partial charge < -0.3 is 10.4 Å². The highest BCUT2D eigenvalue weighted by Crippen LogP contribution is 2.39. The second kappa shape index (κ2) is 11.6. The van der Waals surface area contributed by atoms with Crippen LogP contribution in [0.1, 0.15) is 36.6 Å². The quantitative estimate of drug-likeness (QED) is 0.363. The van der Waals surface area contributed by atoms with Gasteiger partial charge in [-0.15, -0.1) is 0 Å². The molecule has 3 amide bonds. The summed E-state index contributed by atoms with van der Waals surface area (Å²) < 4.78 is 42.3. The zero-order valence-corrected chi connectivity index (χ0v) is 23.8. The average Bonchev–Trinajstić information content (AvgIpc) is 3.24. The number of aromatic nitrogens is 2. The molecule has 3 atom stereocenters. The summed E-state index contributed by atoms with van der Waals surface area (Å²) in [5.74, 6) is -6.57. The summed E-state index contributed by atoms with van der Waals surface area (Å²) >= 11 is 1.96. The zero-order valence-electron chi connectivity index (χ0n) is 21.6.